The maximum Gasteiger partial charge on any atom is 0.105 e. The number of rotatable bonds is 3. The molecule has 0 radical (unpaired) electrons. The lowest BCUT2D eigenvalue weighted by Crippen LogP contribution is -2.13. The van der Waals surface area contributed by atoms with Crippen LogP contribution in [0, 0.1) is 0 Å². The fraction of sp³-hybridized carbons (Fsp3) is 0.294. The molecule has 1 saturated carbocycles. The van der Waals surface area contributed by atoms with Gasteiger partial charge in [0.05, 0.1) is 0 Å². The van der Waals surface area contributed by atoms with Gasteiger partial charge >= 0.3 is 0 Å². The minimum atomic E-state index is -0.575. The molecule has 1 N–H and O–H groups in total. The fourth-order valence-electron chi connectivity index (χ4n) is 2.74. The van der Waals surface area contributed by atoms with E-state index in [0.717, 1.165) is 20.1 Å². The maximum atomic E-state index is 10.8. The van der Waals surface area contributed by atoms with Crippen molar-refractivity contribution in [1.29, 1.82) is 0 Å². The zero-order chi connectivity index (χ0) is 14.1. The molecule has 0 saturated heterocycles. The van der Waals surface area contributed by atoms with E-state index in [-0.39, 0.29) is 0 Å². The molecule has 0 amide bonds. The van der Waals surface area contributed by atoms with E-state index in [1.165, 1.54) is 24.8 Å². The quantitative estimate of drug-likeness (QED) is 0.721. The van der Waals surface area contributed by atoms with Crippen molar-refractivity contribution in [3.63, 3.8) is 0 Å². The van der Waals surface area contributed by atoms with Gasteiger partial charge in [-0.05, 0) is 47.6 Å². The SMILES string of the molecule is OC(c1ccc(Br)cc1Br)c1ccccc1C1CCC1. The summed E-state index contributed by atoms with van der Waals surface area (Å²) in [5.74, 6) is 0.620. The smallest absolute Gasteiger partial charge is 0.105 e. The number of halogens is 2. The zero-order valence-electron chi connectivity index (χ0n) is 11.0. The van der Waals surface area contributed by atoms with Gasteiger partial charge in [-0.25, -0.2) is 0 Å². The summed E-state index contributed by atoms with van der Waals surface area (Å²) >= 11 is 7.00. The molecule has 1 unspecified atom stereocenters. The molecule has 2 aromatic rings. The van der Waals surface area contributed by atoms with Gasteiger partial charge in [0.2, 0.25) is 0 Å². The van der Waals surface area contributed by atoms with Crippen LogP contribution in [0.3, 0.4) is 0 Å². The predicted octanol–water partition coefficient (Wildman–Crippen LogP) is 5.56. The highest BCUT2D eigenvalue weighted by atomic mass is 79.9. The van der Waals surface area contributed by atoms with Crippen molar-refractivity contribution in [2.45, 2.75) is 31.3 Å². The number of benzene rings is 2. The van der Waals surface area contributed by atoms with Crippen molar-refractivity contribution < 1.29 is 5.11 Å². The first-order valence-corrected chi connectivity index (χ1v) is 8.47. The van der Waals surface area contributed by atoms with Crippen molar-refractivity contribution in [2.24, 2.45) is 0 Å². The number of hydrogen-bond donors (Lipinski definition) is 1. The van der Waals surface area contributed by atoms with Crippen molar-refractivity contribution in [2.75, 3.05) is 0 Å². The van der Waals surface area contributed by atoms with Crippen molar-refractivity contribution in [1.82, 2.24) is 0 Å². The topological polar surface area (TPSA) is 20.2 Å². The summed E-state index contributed by atoms with van der Waals surface area (Å²) in [6.07, 6.45) is 3.21. The minimum Gasteiger partial charge on any atom is -0.384 e. The Morgan fingerprint density at radius 1 is 1.00 bits per heavy atom. The van der Waals surface area contributed by atoms with Crippen LogP contribution in [-0.2, 0) is 0 Å². The second-order valence-corrected chi connectivity index (χ2v) is 7.10. The van der Waals surface area contributed by atoms with E-state index < -0.39 is 6.10 Å². The van der Waals surface area contributed by atoms with Gasteiger partial charge in [-0.3, -0.25) is 0 Å². The Hall–Kier alpha value is -0.640. The molecule has 0 bridgehead atoms. The van der Waals surface area contributed by atoms with Crippen LogP contribution in [-0.4, -0.2) is 5.11 Å². The van der Waals surface area contributed by atoms with Gasteiger partial charge in [0, 0.05) is 8.95 Å². The molecule has 3 rings (SSSR count). The van der Waals surface area contributed by atoms with Gasteiger partial charge in [0.1, 0.15) is 6.10 Å². The van der Waals surface area contributed by atoms with E-state index in [0.29, 0.717) is 5.92 Å². The van der Waals surface area contributed by atoms with Crippen molar-refractivity contribution >= 4 is 31.9 Å². The molecule has 1 aliphatic carbocycles. The third-order valence-corrected chi connectivity index (χ3v) is 5.27. The predicted molar refractivity (Wildman–Crippen MR) is 88.9 cm³/mol. The highest BCUT2D eigenvalue weighted by molar-refractivity contribution is 9.11. The summed E-state index contributed by atoms with van der Waals surface area (Å²) in [5.41, 5.74) is 3.27. The van der Waals surface area contributed by atoms with Crippen LogP contribution >= 0.6 is 31.9 Å². The lowest BCUT2D eigenvalue weighted by atomic mass is 9.77. The molecule has 104 valence electrons. The van der Waals surface area contributed by atoms with Gasteiger partial charge in [-0.2, -0.15) is 0 Å². The molecule has 1 atom stereocenters. The normalized spacial score (nSPS) is 16.8. The first kappa shape index (κ1) is 14.3. The molecule has 3 heteroatoms. The van der Waals surface area contributed by atoms with E-state index in [2.05, 4.69) is 44.0 Å². The van der Waals surface area contributed by atoms with Crippen LogP contribution in [0.25, 0.3) is 0 Å². The molecular weight excluding hydrogens is 380 g/mol. The monoisotopic (exact) mass is 394 g/mol. The summed E-state index contributed by atoms with van der Waals surface area (Å²) in [7, 11) is 0. The molecule has 1 nitrogen and oxygen atoms in total. The van der Waals surface area contributed by atoms with Crippen LogP contribution in [0.1, 0.15) is 48.0 Å². The van der Waals surface area contributed by atoms with Gasteiger partial charge < -0.3 is 5.11 Å². The first-order chi connectivity index (χ1) is 9.66. The van der Waals surface area contributed by atoms with Gasteiger partial charge in [-0.1, -0.05) is 68.6 Å². The first-order valence-electron chi connectivity index (χ1n) is 6.88. The van der Waals surface area contributed by atoms with E-state index in [1.807, 2.05) is 30.3 Å². The average molecular weight is 396 g/mol. The van der Waals surface area contributed by atoms with Crippen LogP contribution in [0.15, 0.2) is 51.4 Å². The van der Waals surface area contributed by atoms with E-state index >= 15 is 0 Å². The molecule has 2 aromatic carbocycles. The molecule has 1 aliphatic rings. The molecule has 0 aromatic heterocycles. The largest absolute Gasteiger partial charge is 0.384 e. The number of aliphatic hydroxyl groups is 1. The number of aliphatic hydroxyl groups excluding tert-OH is 1. The Morgan fingerprint density at radius 2 is 1.75 bits per heavy atom. The third-order valence-electron chi connectivity index (χ3n) is 4.09. The Morgan fingerprint density at radius 3 is 2.40 bits per heavy atom. The summed E-state index contributed by atoms with van der Waals surface area (Å²) in [5, 5.41) is 10.8. The second kappa shape index (κ2) is 6.00. The Balaban J connectivity index is 1.99. The van der Waals surface area contributed by atoms with Crippen molar-refractivity contribution in [3.8, 4) is 0 Å². The van der Waals surface area contributed by atoms with Crippen LogP contribution in [0.5, 0.6) is 0 Å². The molecule has 20 heavy (non-hydrogen) atoms. The second-order valence-electron chi connectivity index (χ2n) is 5.33. The lowest BCUT2D eigenvalue weighted by Gasteiger charge is -2.29. The zero-order valence-corrected chi connectivity index (χ0v) is 14.2. The fourth-order valence-corrected chi connectivity index (χ4v) is 4.01. The lowest BCUT2D eigenvalue weighted by molar-refractivity contribution is 0.216. The van der Waals surface area contributed by atoms with Gasteiger partial charge in [0.15, 0.2) is 0 Å². The van der Waals surface area contributed by atoms with Gasteiger partial charge in [-0.15, -0.1) is 0 Å². The summed E-state index contributed by atoms with van der Waals surface area (Å²) in [4.78, 5) is 0. The summed E-state index contributed by atoms with van der Waals surface area (Å²) < 4.78 is 1.94. The highest BCUT2D eigenvalue weighted by Gasteiger charge is 2.25. The standard InChI is InChI=1S/C17H16Br2O/c18-12-8-9-15(16(19)10-12)17(20)14-7-2-1-6-13(14)11-4-3-5-11/h1-2,6-11,17,20H,3-5H2. The molecular formula is C17H16Br2O. The molecule has 0 aliphatic heterocycles. The summed E-state index contributed by atoms with van der Waals surface area (Å²) in [6.45, 7) is 0. The number of hydrogen-bond acceptors (Lipinski definition) is 1. The Bertz CT molecular complexity index is 620. The third kappa shape index (κ3) is 2.72. The minimum absolute atomic E-state index is 0.575. The van der Waals surface area contributed by atoms with Crippen LogP contribution in [0.2, 0.25) is 0 Å². The molecule has 0 heterocycles. The average Bonchev–Trinajstić information content (AvgIpc) is 2.37. The maximum absolute atomic E-state index is 10.8. The van der Waals surface area contributed by atoms with E-state index in [9.17, 15) is 5.11 Å². The van der Waals surface area contributed by atoms with Crippen LogP contribution in [0.4, 0.5) is 0 Å². The Labute approximate surface area is 136 Å². The molecule has 1 fully saturated rings. The summed E-state index contributed by atoms with van der Waals surface area (Å²) in [6, 6.07) is 14.2. The highest BCUT2D eigenvalue weighted by Crippen LogP contribution is 2.41. The Kier molecular flexibility index (Phi) is 4.29. The van der Waals surface area contributed by atoms with E-state index in [4.69, 9.17) is 0 Å². The van der Waals surface area contributed by atoms with Crippen LogP contribution < -0.4 is 0 Å². The van der Waals surface area contributed by atoms with Gasteiger partial charge in [0.25, 0.3) is 0 Å². The van der Waals surface area contributed by atoms with E-state index in [1.54, 1.807) is 0 Å². The molecule has 0 spiro atoms. The van der Waals surface area contributed by atoms with Crippen molar-refractivity contribution in [3.05, 3.63) is 68.1 Å².